The lowest BCUT2D eigenvalue weighted by molar-refractivity contribution is -0.118. The molecule has 1 amide bonds. The molecular formula is C10H22N2O2. The summed E-state index contributed by atoms with van der Waals surface area (Å²) in [7, 11) is 2.06. The molecule has 4 nitrogen and oxygen atoms in total. The van der Waals surface area contributed by atoms with Crippen LogP contribution >= 0.6 is 0 Å². The molecule has 0 fully saturated rings. The Morgan fingerprint density at radius 3 is 2.71 bits per heavy atom. The largest absolute Gasteiger partial charge is 0.380 e. The van der Waals surface area contributed by atoms with Crippen molar-refractivity contribution in [2.24, 2.45) is 0 Å². The van der Waals surface area contributed by atoms with Gasteiger partial charge in [-0.2, -0.15) is 0 Å². The maximum atomic E-state index is 10.6. The fraction of sp³-hybridized carbons (Fsp3) is 0.900. The first-order valence-electron chi connectivity index (χ1n) is 5.17. The fourth-order valence-corrected chi connectivity index (χ4v) is 1.09. The zero-order valence-corrected chi connectivity index (χ0v) is 9.51. The Bertz CT molecular complexity index is 151. The summed E-state index contributed by atoms with van der Waals surface area (Å²) in [6.45, 7) is 7.80. The summed E-state index contributed by atoms with van der Waals surface area (Å²) in [5.41, 5.74) is 0. The van der Waals surface area contributed by atoms with Crippen LogP contribution in [-0.2, 0) is 9.53 Å². The second kappa shape index (κ2) is 8.97. The van der Waals surface area contributed by atoms with Gasteiger partial charge < -0.3 is 15.0 Å². The van der Waals surface area contributed by atoms with Gasteiger partial charge in [0.25, 0.3) is 0 Å². The monoisotopic (exact) mass is 202 g/mol. The van der Waals surface area contributed by atoms with Gasteiger partial charge in [-0.25, -0.2) is 0 Å². The molecule has 1 N–H and O–H groups in total. The number of nitrogens with zero attached hydrogens (tertiary/aromatic N) is 1. The number of ether oxygens (including phenoxy) is 1. The van der Waals surface area contributed by atoms with Gasteiger partial charge in [0, 0.05) is 26.6 Å². The standard InChI is InChI=1S/C10H22N2O2/c1-4-14-9-8-12(3)7-5-6-11-10(2)13/h4-9H2,1-3H3,(H,11,13). The van der Waals surface area contributed by atoms with Gasteiger partial charge in [-0.15, -0.1) is 0 Å². The summed E-state index contributed by atoms with van der Waals surface area (Å²) in [4.78, 5) is 12.8. The lowest BCUT2D eigenvalue weighted by Crippen LogP contribution is -2.28. The molecule has 0 aliphatic rings. The van der Waals surface area contributed by atoms with E-state index in [-0.39, 0.29) is 5.91 Å². The molecule has 0 aliphatic carbocycles. The van der Waals surface area contributed by atoms with Gasteiger partial charge in [0.1, 0.15) is 0 Å². The van der Waals surface area contributed by atoms with E-state index in [0.29, 0.717) is 0 Å². The van der Waals surface area contributed by atoms with Gasteiger partial charge >= 0.3 is 0 Å². The molecule has 0 heterocycles. The molecule has 0 saturated heterocycles. The Balaban J connectivity index is 3.18. The molecule has 0 atom stereocenters. The first kappa shape index (κ1) is 13.4. The van der Waals surface area contributed by atoms with Gasteiger partial charge in [0.05, 0.1) is 6.61 Å². The van der Waals surface area contributed by atoms with Crippen molar-refractivity contribution in [1.82, 2.24) is 10.2 Å². The van der Waals surface area contributed by atoms with Crippen LogP contribution in [-0.4, -0.2) is 50.7 Å². The highest BCUT2D eigenvalue weighted by Crippen LogP contribution is 1.87. The molecule has 0 spiro atoms. The summed E-state index contributed by atoms with van der Waals surface area (Å²) in [6, 6.07) is 0. The Morgan fingerprint density at radius 2 is 2.14 bits per heavy atom. The van der Waals surface area contributed by atoms with Crippen molar-refractivity contribution in [2.45, 2.75) is 20.3 Å². The molecule has 0 radical (unpaired) electrons. The molecule has 0 aromatic heterocycles. The van der Waals surface area contributed by atoms with Gasteiger partial charge in [-0.3, -0.25) is 4.79 Å². The van der Waals surface area contributed by atoms with Crippen molar-refractivity contribution in [2.75, 3.05) is 39.9 Å². The number of carbonyl (C=O) groups is 1. The minimum Gasteiger partial charge on any atom is -0.380 e. The molecule has 0 aliphatic heterocycles. The molecule has 14 heavy (non-hydrogen) atoms. The molecule has 0 rings (SSSR count). The minimum absolute atomic E-state index is 0.0435. The van der Waals surface area contributed by atoms with Gasteiger partial charge in [-0.1, -0.05) is 0 Å². The highest BCUT2D eigenvalue weighted by molar-refractivity contribution is 5.72. The number of hydrogen-bond acceptors (Lipinski definition) is 3. The van der Waals surface area contributed by atoms with Crippen molar-refractivity contribution >= 4 is 5.91 Å². The van der Waals surface area contributed by atoms with E-state index in [9.17, 15) is 4.79 Å². The smallest absolute Gasteiger partial charge is 0.216 e. The highest BCUT2D eigenvalue weighted by atomic mass is 16.5. The molecule has 4 heteroatoms. The number of likely N-dealkylation sites (N-methyl/N-ethyl adjacent to an activating group) is 1. The lowest BCUT2D eigenvalue weighted by Gasteiger charge is -2.16. The van der Waals surface area contributed by atoms with Crippen molar-refractivity contribution in [3.8, 4) is 0 Å². The third-order valence-electron chi connectivity index (χ3n) is 1.91. The van der Waals surface area contributed by atoms with E-state index in [1.165, 1.54) is 0 Å². The first-order valence-corrected chi connectivity index (χ1v) is 5.17. The van der Waals surface area contributed by atoms with Crippen LogP contribution < -0.4 is 5.32 Å². The van der Waals surface area contributed by atoms with E-state index in [1.54, 1.807) is 6.92 Å². The van der Waals surface area contributed by atoms with Gasteiger partial charge in [0.2, 0.25) is 5.91 Å². The van der Waals surface area contributed by atoms with E-state index >= 15 is 0 Å². The van der Waals surface area contributed by atoms with E-state index in [4.69, 9.17) is 4.74 Å². The van der Waals surface area contributed by atoms with E-state index < -0.39 is 0 Å². The van der Waals surface area contributed by atoms with Crippen LogP contribution in [0.2, 0.25) is 0 Å². The number of carbonyl (C=O) groups excluding carboxylic acids is 1. The van der Waals surface area contributed by atoms with Crippen LogP contribution in [0.25, 0.3) is 0 Å². The number of hydrogen-bond donors (Lipinski definition) is 1. The normalized spacial score (nSPS) is 10.6. The van der Waals surface area contributed by atoms with Gasteiger partial charge in [-0.05, 0) is 26.9 Å². The topological polar surface area (TPSA) is 41.6 Å². The van der Waals surface area contributed by atoms with E-state index in [0.717, 1.165) is 39.3 Å². The molecule has 0 unspecified atom stereocenters. The third kappa shape index (κ3) is 9.48. The fourth-order valence-electron chi connectivity index (χ4n) is 1.09. The molecule has 84 valence electrons. The number of rotatable bonds is 8. The predicted molar refractivity (Wildman–Crippen MR) is 57.3 cm³/mol. The number of nitrogens with one attached hydrogen (secondary N) is 1. The summed E-state index contributed by atoms with van der Waals surface area (Å²) >= 11 is 0. The Hall–Kier alpha value is -0.610. The highest BCUT2D eigenvalue weighted by Gasteiger charge is 1.97. The maximum Gasteiger partial charge on any atom is 0.216 e. The van der Waals surface area contributed by atoms with Crippen LogP contribution in [0.3, 0.4) is 0 Å². The predicted octanol–water partition coefficient (Wildman–Crippen LogP) is 0.481. The van der Waals surface area contributed by atoms with Crippen molar-refractivity contribution < 1.29 is 9.53 Å². The van der Waals surface area contributed by atoms with Crippen LogP contribution in [0.1, 0.15) is 20.3 Å². The van der Waals surface area contributed by atoms with Crippen LogP contribution in [0, 0.1) is 0 Å². The van der Waals surface area contributed by atoms with Crippen molar-refractivity contribution in [3.05, 3.63) is 0 Å². The van der Waals surface area contributed by atoms with Crippen LogP contribution in [0.5, 0.6) is 0 Å². The maximum absolute atomic E-state index is 10.6. The lowest BCUT2D eigenvalue weighted by atomic mass is 10.4. The summed E-state index contributed by atoms with van der Waals surface area (Å²) in [5, 5.41) is 2.77. The molecule has 0 bridgehead atoms. The van der Waals surface area contributed by atoms with E-state index in [2.05, 4.69) is 17.3 Å². The Labute approximate surface area is 86.6 Å². The summed E-state index contributed by atoms with van der Waals surface area (Å²) < 4.78 is 5.24. The molecule has 0 aromatic rings. The average molecular weight is 202 g/mol. The number of amides is 1. The summed E-state index contributed by atoms with van der Waals surface area (Å²) in [5.74, 6) is 0.0435. The quantitative estimate of drug-likeness (QED) is 0.582. The van der Waals surface area contributed by atoms with Crippen molar-refractivity contribution in [1.29, 1.82) is 0 Å². The zero-order chi connectivity index (χ0) is 10.8. The summed E-state index contributed by atoms with van der Waals surface area (Å²) in [6.07, 6.45) is 0.988. The van der Waals surface area contributed by atoms with Crippen LogP contribution in [0.15, 0.2) is 0 Å². The molecule has 0 saturated carbocycles. The van der Waals surface area contributed by atoms with Gasteiger partial charge in [0.15, 0.2) is 0 Å². The third-order valence-corrected chi connectivity index (χ3v) is 1.91. The second-order valence-electron chi connectivity index (χ2n) is 3.34. The van der Waals surface area contributed by atoms with Crippen LogP contribution in [0.4, 0.5) is 0 Å². The SMILES string of the molecule is CCOCCN(C)CCCNC(C)=O. The average Bonchev–Trinajstić information content (AvgIpc) is 2.13. The zero-order valence-electron chi connectivity index (χ0n) is 9.51. The first-order chi connectivity index (χ1) is 6.66. The molecular weight excluding hydrogens is 180 g/mol. The Morgan fingerprint density at radius 1 is 1.43 bits per heavy atom. The minimum atomic E-state index is 0.0435. The molecule has 0 aromatic carbocycles. The Kier molecular flexibility index (Phi) is 8.57. The second-order valence-corrected chi connectivity index (χ2v) is 3.34. The van der Waals surface area contributed by atoms with Crippen molar-refractivity contribution in [3.63, 3.8) is 0 Å². The van der Waals surface area contributed by atoms with E-state index in [1.807, 2.05) is 6.92 Å².